The zero-order valence-electron chi connectivity index (χ0n) is 12.0. The first-order valence-electron chi connectivity index (χ1n) is 6.73. The molecule has 0 saturated carbocycles. The Kier molecular flexibility index (Phi) is 3.83. The number of hydrogen-bond donors (Lipinski definition) is 0. The Hall–Kier alpha value is -1.65. The van der Waals surface area contributed by atoms with Crippen LogP contribution in [0.5, 0.6) is 0 Å². The van der Waals surface area contributed by atoms with Gasteiger partial charge in [0.25, 0.3) is 0 Å². The number of aliphatic imine (C=N–C) groups is 1. The van der Waals surface area contributed by atoms with E-state index in [4.69, 9.17) is 12.2 Å². The van der Waals surface area contributed by atoms with Crippen molar-refractivity contribution >= 4 is 34.1 Å². The summed E-state index contributed by atoms with van der Waals surface area (Å²) in [6.07, 6.45) is 2.06. The molecule has 1 aliphatic heterocycles. The standard InChI is InChI=1S/C17H16N2S2/c1-19-16(20)18-15(21-2)17(19,13-9-5-3-6-10-13)14-11-7-4-8-12-14/h3-12H,1-2H3. The molecule has 4 heteroatoms. The molecule has 0 spiro atoms. The van der Waals surface area contributed by atoms with Crippen LogP contribution in [0.4, 0.5) is 0 Å². The first-order valence-corrected chi connectivity index (χ1v) is 8.36. The van der Waals surface area contributed by atoms with Crippen molar-refractivity contribution in [1.29, 1.82) is 0 Å². The van der Waals surface area contributed by atoms with E-state index in [9.17, 15) is 0 Å². The molecule has 1 heterocycles. The normalized spacial score (nSPS) is 17.0. The lowest BCUT2D eigenvalue weighted by atomic mass is 9.83. The van der Waals surface area contributed by atoms with Crippen LogP contribution in [0.1, 0.15) is 11.1 Å². The highest BCUT2D eigenvalue weighted by Gasteiger charge is 2.48. The molecule has 2 aromatic carbocycles. The van der Waals surface area contributed by atoms with Crippen LogP contribution in [0, 0.1) is 0 Å². The van der Waals surface area contributed by atoms with Crippen LogP contribution >= 0.6 is 24.0 Å². The lowest BCUT2D eigenvalue weighted by molar-refractivity contribution is 0.376. The first-order chi connectivity index (χ1) is 10.2. The second-order valence-corrected chi connectivity index (χ2v) is 6.07. The Balaban J connectivity index is 2.31. The van der Waals surface area contributed by atoms with Crippen LogP contribution < -0.4 is 0 Å². The Bertz CT molecular complexity index is 641. The van der Waals surface area contributed by atoms with Gasteiger partial charge in [0, 0.05) is 7.05 Å². The van der Waals surface area contributed by atoms with Gasteiger partial charge in [0.15, 0.2) is 5.11 Å². The molecule has 21 heavy (non-hydrogen) atoms. The highest BCUT2D eigenvalue weighted by molar-refractivity contribution is 8.13. The molecule has 1 aliphatic rings. The maximum absolute atomic E-state index is 5.46. The molecule has 0 bridgehead atoms. The van der Waals surface area contributed by atoms with Crippen molar-refractivity contribution < 1.29 is 0 Å². The Morgan fingerprint density at radius 3 is 1.86 bits per heavy atom. The third-order valence-electron chi connectivity index (χ3n) is 3.87. The fourth-order valence-electron chi connectivity index (χ4n) is 2.88. The minimum absolute atomic E-state index is 0.418. The first kappa shape index (κ1) is 14.3. The fraction of sp³-hybridized carbons (Fsp3) is 0.176. The van der Waals surface area contributed by atoms with Gasteiger partial charge in [0.2, 0.25) is 0 Å². The highest BCUT2D eigenvalue weighted by Crippen LogP contribution is 2.43. The van der Waals surface area contributed by atoms with E-state index >= 15 is 0 Å². The van der Waals surface area contributed by atoms with E-state index in [0.717, 1.165) is 5.04 Å². The van der Waals surface area contributed by atoms with E-state index in [0.29, 0.717) is 5.11 Å². The molecule has 0 amide bonds. The van der Waals surface area contributed by atoms with Crippen molar-refractivity contribution in [2.24, 2.45) is 4.99 Å². The van der Waals surface area contributed by atoms with Crippen molar-refractivity contribution in [3.63, 3.8) is 0 Å². The zero-order valence-corrected chi connectivity index (χ0v) is 13.6. The smallest absolute Gasteiger partial charge is 0.197 e. The third-order valence-corrected chi connectivity index (χ3v) is 5.01. The Labute approximate surface area is 134 Å². The van der Waals surface area contributed by atoms with Gasteiger partial charge in [-0.25, -0.2) is 4.99 Å². The maximum Gasteiger partial charge on any atom is 0.197 e. The van der Waals surface area contributed by atoms with Gasteiger partial charge in [-0.15, -0.1) is 11.8 Å². The molecule has 106 valence electrons. The molecule has 2 aromatic rings. The topological polar surface area (TPSA) is 15.6 Å². The van der Waals surface area contributed by atoms with E-state index < -0.39 is 5.54 Å². The molecule has 0 saturated heterocycles. The van der Waals surface area contributed by atoms with Crippen molar-refractivity contribution in [1.82, 2.24) is 4.90 Å². The fourth-order valence-corrected chi connectivity index (χ4v) is 4.01. The predicted molar refractivity (Wildman–Crippen MR) is 95.0 cm³/mol. The summed E-state index contributed by atoms with van der Waals surface area (Å²) >= 11 is 7.12. The average Bonchev–Trinajstić information content (AvgIpc) is 2.81. The molecular formula is C17H16N2S2. The molecule has 3 rings (SSSR count). The summed E-state index contributed by atoms with van der Waals surface area (Å²) in [5.41, 5.74) is 1.96. The minimum atomic E-state index is -0.418. The average molecular weight is 312 g/mol. The quantitative estimate of drug-likeness (QED) is 0.782. The van der Waals surface area contributed by atoms with E-state index in [-0.39, 0.29) is 0 Å². The van der Waals surface area contributed by atoms with Gasteiger partial charge in [-0.3, -0.25) is 0 Å². The second kappa shape index (κ2) is 5.62. The summed E-state index contributed by atoms with van der Waals surface area (Å²) in [6.45, 7) is 0. The molecule has 2 nitrogen and oxygen atoms in total. The number of thiocarbonyl (C=S) groups is 1. The number of rotatable bonds is 2. The van der Waals surface area contributed by atoms with Crippen LogP contribution in [-0.2, 0) is 5.54 Å². The van der Waals surface area contributed by atoms with E-state index in [1.165, 1.54) is 11.1 Å². The van der Waals surface area contributed by atoms with Crippen molar-refractivity contribution in [2.75, 3.05) is 13.3 Å². The van der Waals surface area contributed by atoms with Crippen molar-refractivity contribution in [2.45, 2.75) is 5.54 Å². The Morgan fingerprint density at radius 1 is 0.952 bits per heavy atom. The summed E-state index contributed by atoms with van der Waals surface area (Å²) < 4.78 is 0. The summed E-state index contributed by atoms with van der Waals surface area (Å²) in [7, 11) is 2.02. The predicted octanol–water partition coefficient (Wildman–Crippen LogP) is 3.92. The number of benzene rings is 2. The van der Waals surface area contributed by atoms with Crippen LogP contribution in [0.2, 0.25) is 0 Å². The van der Waals surface area contributed by atoms with E-state index in [2.05, 4.69) is 64.7 Å². The number of thioether (sulfide) groups is 1. The Morgan fingerprint density at radius 2 is 1.43 bits per heavy atom. The van der Waals surface area contributed by atoms with Gasteiger partial charge in [-0.05, 0) is 29.6 Å². The molecule has 0 atom stereocenters. The number of nitrogens with zero attached hydrogens (tertiary/aromatic N) is 2. The molecule has 0 aromatic heterocycles. The van der Waals surface area contributed by atoms with E-state index in [1.807, 2.05) is 19.2 Å². The van der Waals surface area contributed by atoms with E-state index in [1.54, 1.807) is 11.8 Å². The lowest BCUT2D eigenvalue weighted by Crippen LogP contribution is -2.46. The van der Waals surface area contributed by atoms with Gasteiger partial charge in [-0.2, -0.15) is 0 Å². The van der Waals surface area contributed by atoms with Gasteiger partial charge in [0.1, 0.15) is 10.6 Å². The molecule has 0 N–H and O–H groups in total. The van der Waals surface area contributed by atoms with Gasteiger partial charge in [0.05, 0.1) is 0 Å². The summed E-state index contributed by atoms with van der Waals surface area (Å²) in [5, 5.41) is 1.65. The maximum atomic E-state index is 5.46. The summed E-state index contributed by atoms with van der Waals surface area (Å²) in [4.78, 5) is 6.73. The largest absolute Gasteiger partial charge is 0.331 e. The van der Waals surface area contributed by atoms with Crippen molar-refractivity contribution in [3.05, 3.63) is 71.8 Å². The molecule has 0 fully saturated rings. The van der Waals surface area contributed by atoms with Crippen molar-refractivity contribution in [3.8, 4) is 0 Å². The van der Waals surface area contributed by atoms with Crippen LogP contribution in [-0.4, -0.2) is 28.4 Å². The lowest BCUT2D eigenvalue weighted by Gasteiger charge is -2.38. The van der Waals surface area contributed by atoms with Crippen LogP contribution in [0.25, 0.3) is 0 Å². The molecule has 0 aliphatic carbocycles. The van der Waals surface area contributed by atoms with Crippen LogP contribution in [0.15, 0.2) is 65.7 Å². The van der Waals surface area contributed by atoms with Gasteiger partial charge >= 0.3 is 0 Å². The second-order valence-electron chi connectivity index (χ2n) is 4.91. The minimum Gasteiger partial charge on any atom is -0.331 e. The van der Waals surface area contributed by atoms with Gasteiger partial charge in [-0.1, -0.05) is 60.7 Å². The molecule has 0 unspecified atom stereocenters. The summed E-state index contributed by atoms with van der Waals surface area (Å²) in [6, 6.07) is 20.9. The van der Waals surface area contributed by atoms with Gasteiger partial charge < -0.3 is 4.90 Å². The monoisotopic (exact) mass is 312 g/mol. The third kappa shape index (κ3) is 2.10. The number of hydrogen-bond acceptors (Lipinski definition) is 2. The highest BCUT2D eigenvalue weighted by atomic mass is 32.2. The SMILES string of the molecule is CSC1=NC(=S)N(C)C1(c1ccccc1)c1ccccc1. The summed E-state index contributed by atoms with van der Waals surface area (Å²) in [5.74, 6) is 0. The molecular weight excluding hydrogens is 296 g/mol. The molecule has 0 radical (unpaired) electrons. The van der Waals surface area contributed by atoms with Crippen LogP contribution in [0.3, 0.4) is 0 Å². The zero-order chi connectivity index (χ0) is 14.9.